The number of rotatable bonds is 11. The molecule has 0 saturated carbocycles. The number of nitrogens with zero attached hydrogens (tertiary/aromatic N) is 5. The summed E-state index contributed by atoms with van der Waals surface area (Å²) in [5, 5.41) is 40.2. The lowest BCUT2D eigenvalue weighted by Crippen LogP contribution is -2.67. The summed E-state index contributed by atoms with van der Waals surface area (Å²) in [6.07, 6.45) is 1.85. The zero-order valence-electron chi connectivity index (χ0n) is 39.7. The monoisotopic (exact) mass is 957 g/mol. The Labute approximate surface area is 396 Å². The number of esters is 1. The van der Waals surface area contributed by atoms with Gasteiger partial charge in [-0.2, -0.15) is 9.73 Å². The number of aromatic nitrogens is 2. The van der Waals surface area contributed by atoms with Crippen LogP contribution in [0.1, 0.15) is 70.7 Å². The van der Waals surface area contributed by atoms with Crippen molar-refractivity contribution < 1.29 is 52.4 Å². The summed E-state index contributed by atoms with van der Waals surface area (Å²) in [6.45, 7) is 12.8. The van der Waals surface area contributed by atoms with Gasteiger partial charge in [0.05, 0.1) is 31.1 Å². The van der Waals surface area contributed by atoms with Gasteiger partial charge in [0.15, 0.2) is 5.60 Å². The van der Waals surface area contributed by atoms with E-state index in [1.807, 2.05) is 50.2 Å². The fourth-order valence-corrected chi connectivity index (χ4v) is 10.8. The van der Waals surface area contributed by atoms with E-state index < -0.39 is 75.0 Å². The van der Waals surface area contributed by atoms with Gasteiger partial charge in [0.2, 0.25) is 21.7 Å². The maximum Gasteiger partial charge on any atom is 0.355 e. The molecule has 1 unspecified atom stereocenters. The van der Waals surface area contributed by atoms with Crippen molar-refractivity contribution in [1.29, 1.82) is 0 Å². The Kier molecular flexibility index (Phi) is 14.3. The molecule has 3 aliphatic rings. The molecule has 68 heavy (non-hydrogen) atoms. The van der Waals surface area contributed by atoms with Gasteiger partial charge < -0.3 is 39.6 Å². The minimum atomic E-state index is -3.95. The summed E-state index contributed by atoms with van der Waals surface area (Å²) in [6, 6.07) is 12.2. The number of likely N-dealkylation sites (N-methyl/N-ethyl adjacent to an activating group) is 1. The number of ether oxygens (including phenoxy) is 2. The van der Waals surface area contributed by atoms with Crippen LogP contribution in [0.25, 0.3) is 33.3 Å². The van der Waals surface area contributed by atoms with Crippen molar-refractivity contribution in [2.45, 2.75) is 103 Å². The van der Waals surface area contributed by atoms with Crippen molar-refractivity contribution in [3.8, 4) is 28.1 Å². The minimum absolute atomic E-state index is 0.0418. The van der Waals surface area contributed by atoms with Crippen molar-refractivity contribution in [3.63, 3.8) is 0 Å². The number of phenols is 1. The lowest BCUT2D eigenvalue weighted by molar-refractivity contribution is -0.189. The first-order valence-electron chi connectivity index (χ1n) is 22.9. The third kappa shape index (κ3) is 9.91. The van der Waals surface area contributed by atoms with E-state index >= 15 is 0 Å². The molecule has 3 amide bonds. The van der Waals surface area contributed by atoms with Gasteiger partial charge in [-0.1, -0.05) is 46.4 Å². The molecule has 4 aromatic rings. The first-order valence-corrected chi connectivity index (χ1v) is 24.4. The van der Waals surface area contributed by atoms with Crippen LogP contribution in [0, 0.1) is 11.3 Å². The van der Waals surface area contributed by atoms with Gasteiger partial charge in [-0.3, -0.25) is 24.4 Å². The van der Waals surface area contributed by atoms with Crippen molar-refractivity contribution in [3.05, 3.63) is 83.5 Å². The highest BCUT2D eigenvalue weighted by Gasteiger charge is 2.50. The molecule has 5 heterocycles. The SMILES string of the molecule is C=CS(=O)(=O)N1CCC(O)(C(=O)N(C)[C@H](C(=O)N[C@H]2Cc3cc(O)cc(c3)-c3ccc4c(c3)c(c(-c3cccnc3COC)n4CC)CC(C)(C)COC(=O)[C@@]3(O)CCCN(N3)C2=O)C(C)C)C1. The number of aliphatic hydroxyl groups is 2. The van der Waals surface area contributed by atoms with Crippen LogP contribution in [0.15, 0.2) is 66.7 Å². The van der Waals surface area contributed by atoms with E-state index in [0.29, 0.717) is 24.1 Å². The highest BCUT2D eigenvalue weighted by atomic mass is 32.2. The number of sulfonamides is 1. The molecule has 18 nitrogen and oxygen atoms in total. The Balaban J connectivity index is 1.32. The van der Waals surface area contributed by atoms with Gasteiger partial charge in [0.1, 0.15) is 17.8 Å². The Hall–Kier alpha value is -5.70. The van der Waals surface area contributed by atoms with Crippen LogP contribution < -0.4 is 10.7 Å². The largest absolute Gasteiger partial charge is 0.508 e. The number of amides is 3. The number of aryl methyl sites for hydroxylation is 1. The average molecular weight is 958 g/mol. The predicted octanol–water partition coefficient (Wildman–Crippen LogP) is 3.60. The molecular formula is C49H63N7O11S. The summed E-state index contributed by atoms with van der Waals surface area (Å²) < 4.78 is 39.7. The predicted molar refractivity (Wildman–Crippen MR) is 253 cm³/mol. The second kappa shape index (κ2) is 19.4. The smallest absolute Gasteiger partial charge is 0.355 e. The van der Waals surface area contributed by atoms with E-state index in [4.69, 9.17) is 9.47 Å². The van der Waals surface area contributed by atoms with Crippen molar-refractivity contribution in [1.82, 2.24) is 34.5 Å². The number of pyridine rings is 1. The molecule has 0 radical (unpaired) electrons. The van der Waals surface area contributed by atoms with Crippen LogP contribution in [-0.2, 0) is 64.7 Å². The van der Waals surface area contributed by atoms with Crippen molar-refractivity contribution in [2.75, 3.05) is 40.4 Å². The molecular weight excluding hydrogens is 895 g/mol. The molecule has 0 spiro atoms. The third-order valence-electron chi connectivity index (χ3n) is 13.2. The van der Waals surface area contributed by atoms with Crippen LogP contribution >= 0.6 is 0 Å². The summed E-state index contributed by atoms with van der Waals surface area (Å²) in [7, 11) is -1.00. The first-order chi connectivity index (χ1) is 32.0. The number of hydrogen-bond acceptors (Lipinski definition) is 13. The van der Waals surface area contributed by atoms with Gasteiger partial charge in [-0.25, -0.2) is 13.2 Å². The zero-order chi connectivity index (χ0) is 49.5. The van der Waals surface area contributed by atoms with Crippen LogP contribution in [0.2, 0.25) is 0 Å². The lowest BCUT2D eigenvalue weighted by Gasteiger charge is -2.40. The Morgan fingerprint density at radius 3 is 2.54 bits per heavy atom. The molecule has 7 rings (SSSR count). The van der Waals surface area contributed by atoms with Gasteiger partial charge in [-0.05, 0) is 84.3 Å². The number of aromatic hydroxyl groups is 1. The zero-order valence-corrected chi connectivity index (χ0v) is 40.6. The number of carbonyl (C=O) groups is 4. The van der Waals surface area contributed by atoms with Crippen LogP contribution in [-0.4, -0.2) is 135 Å². The highest BCUT2D eigenvalue weighted by molar-refractivity contribution is 7.92. The number of β-amino-alcohol motifs (C(OH)–C–C–N with tert-alkyl or cyclic N) is 1. The van der Waals surface area contributed by atoms with Crippen LogP contribution in [0.4, 0.5) is 0 Å². The molecule has 2 saturated heterocycles. The summed E-state index contributed by atoms with van der Waals surface area (Å²) >= 11 is 0. The maximum absolute atomic E-state index is 14.7. The molecule has 5 N–H and O–H groups in total. The van der Waals surface area contributed by atoms with Crippen molar-refractivity contribution >= 4 is 44.6 Å². The number of hydrogen-bond donors (Lipinski definition) is 5. The van der Waals surface area contributed by atoms with E-state index in [-0.39, 0.29) is 57.7 Å². The summed E-state index contributed by atoms with van der Waals surface area (Å²) in [5.41, 5.74) is 3.83. The molecule has 6 bridgehead atoms. The van der Waals surface area contributed by atoms with E-state index in [9.17, 15) is 42.9 Å². The third-order valence-corrected chi connectivity index (χ3v) is 14.6. The Morgan fingerprint density at radius 2 is 1.85 bits per heavy atom. The summed E-state index contributed by atoms with van der Waals surface area (Å²) in [5.74, 6) is -4.04. The van der Waals surface area contributed by atoms with E-state index in [2.05, 4.69) is 33.8 Å². The number of phenolic OH excluding ortho intramolecular Hbond substituents is 1. The van der Waals surface area contributed by atoms with Gasteiger partial charge in [-0.15, -0.1) is 0 Å². The number of cyclic esters (lactones) is 1. The van der Waals surface area contributed by atoms with Crippen molar-refractivity contribution in [2.24, 2.45) is 11.3 Å². The molecule has 19 heteroatoms. The normalized spacial score (nSPS) is 23.0. The average Bonchev–Trinajstić information content (AvgIpc) is 3.85. The second-order valence-corrected chi connectivity index (χ2v) is 21.2. The molecule has 0 aliphatic carbocycles. The molecule has 2 aromatic carbocycles. The number of hydrazine groups is 1. The summed E-state index contributed by atoms with van der Waals surface area (Å²) in [4.78, 5) is 63.0. The van der Waals surface area contributed by atoms with E-state index in [1.54, 1.807) is 33.2 Å². The standard InChI is InChI=1S/C49H63N7O11S/c1-9-55-40-15-14-32-25-36(40)37(42(55)35-13-11-18-50-39(35)27-66-8)26-47(5,6)29-67-46(61)49(63)16-12-19-56(52-49)44(59)38(23-31-21-33(32)24-34(57)22-31)51-43(58)41(30(3)4)53(7)45(60)48(62)17-20-54(28-48)68(64,65)10-2/h10-11,13-15,18,21-22,24-25,30,38,41,52,57,62-63H,2,9,12,16-17,19-20,23,26-29H2,1,3-8H3,(H,51,58)/t38-,41-,48?,49-/m0/s1. The van der Waals surface area contributed by atoms with E-state index in [0.717, 1.165) is 58.6 Å². The number of nitrogens with one attached hydrogen (secondary N) is 2. The van der Waals surface area contributed by atoms with Gasteiger partial charge >= 0.3 is 5.97 Å². The van der Waals surface area contributed by atoms with Crippen LogP contribution in [0.3, 0.4) is 0 Å². The second-order valence-electron chi connectivity index (χ2n) is 19.3. The maximum atomic E-state index is 14.7. The topological polar surface area (TPSA) is 233 Å². The molecule has 4 atom stereocenters. The lowest BCUT2D eigenvalue weighted by atomic mass is 9.84. The Bertz CT molecular complexity index is 2740. The molecule has 366 valence electrons. The van der Waals surface area contributed by atoms with Gasteiger partial charge in [0, 0.05) is 86.5 Å². The fourth-order valence-electron chi connectivity index (χ4n) is 9.85. The van der Waals surface area contributed by atoms with E-state index in [1.165, 1.54) is 13.1 Å². The molecule has 2 fully saturated rings. The number of carbonyl (C=O) groups excluding carboxylic acids is 4. The van der Waals surface area contributed by atoms with Gasteiger partial charge in [0.25, 0.3) is 11.8 Å². The van der Waals surface area contributed by atoms with Crippen LogP contribution in [0.5, 0.6) is 5.75 Å². The molecule has 2 aromatic heterocycles. The Morgan fingerprint density at radius 1 is 1.10 bits per heavy atom. The number of methoxy groups -OCH3 is 1. The quantitative estimate of drug-likeness (QED) is 0.136. The minimum Gasteiger partial charge on any atom is -0.508 e. The number of fused-ring (bicyclic) bond motifs is 6. The highest BCUT2D eigenvalue weighted by Crippen LogP contribution is 2.41. The first kappa shape index (κ1) is 50.2. The number of benzene rings is 2. The molecule has 3 aliphatic heterocycles. The fraction of sp³-hybridized carbons (Fsp3) is 0.490.